The number of oxazole rings is 1. The molecule has 0 bridgehead atoms. The Morgan fingerprint density at radius 3 is 3.33 bits per heavy atom. The van der Waals surface area contributed by atoms with E-state index in [0.717, 1.165) is 31.0 Å². The van der Waals surface area contributed by atoms with Gasteiger partial charge in [0, 0.05) is 11.7 Å². The molecular weight excluding hydrogens is 208 g/mol. The number of aryl methyl sites for hydroxylation is 1. The molecule has 1 fully saturated rings. The maximum atomic E-state index is 5.53. The molecule has 1 aliphatic heterocycles. The van der Waals surface area contributed by atoms with Crippen molar-refractivity contribution in [3.8, 4) is 0 Å². The van der Waals surface area contributed by atoms with Gasteiger partial charge in [0.2, 0.25) is 0 Å². The number of hydrogen-bond donors (Lipinski definition) is 1. The van der Waals surface area contributed by atoms with Crippen molar-refractivity contribution in [2.45, 2.75) is 25.2 Å². The van der Waals surface area contributed by atoms with Crippen molar-refractivity contribution in [2.24, 2.45) is 0 Å². The van der Waals surface area contributed by atoms with Crippen LogP contribution in [0.2, 0.25) is 0 Å². The molecule has 2 heterocycles. The van der Waals surface area contributed by atoms with Crippen LogP contribution in [0, 0.1) is 0 Å². The predicted octanol–water partition coefficient (Wildman–Crippen LogP) is 2.05. The first-order valence-corrected chi connectivity index (χ1v) is 6.72. The first-order chi connectivity index (χ1) is 7.40. The Kier molecular flexibility index (Phi) is 4.09. The van der Waals surface area contributed by atoms with Gasteiger partial charge in [-0.3, -0.25) is 0 Å². The van der Waals surface area contributed by atoms with Gasteiger partial charge in [-0.05, 0) is 38.6 Å². The van der Waals surface area contributed by atoms with Crippen LogP contribution in [0.3, 0.4) is 0 Å². The second kappa shape index (κ2) is 5.56. The predicted molar refractivity (Wildman–Crippen MR) is 63.4 cm³/mol. The Morgan fingerprint density at radius 2 is 2.60 bits per heavy atom. The van der Waals surface area contributed by atoms with Crippen molar-refractivity contribution in [1.29, 1.82) is 0 Å². The quantitative estimate of drug-likeness (QED) is 0.780. The fourth-order valence-corrected chi connectivity index (χ4v) is 3.01. The SMILES string of the molecule is CNCCCc1coc(C2CCSC2)n1. The minimum atomic E-state index is 0.563. The summed E-state index contributed by atoms with van der Waals surface area (Å²) in [6, 6.07) is 0. The average Bonchev–Trinajstić information content (AvgIpc) is 2.87. The molecule has 0 amide bonds. The minimum absolute atomic E-state index is 0.563. The molecule has 1 unspecified atom stereocenters. The molecule has 2 rings (SSSR count). The van der Waals surface area contributed by atoms with Gasteiger partial charge in [0.1, 0.15) is 6.26 Å². The summed E-state index contributed by atoms with van der Waals surface area (Å²) in [5, 5.41) is 3.14. The molecule has 1 N–H and O–H groups in total. The van der Waals surface area contributed by atoms with Crippen LogP contribution in [0.15, 0.2) is 10.7 Å². The smallest absolute Gasteiger partial charge is 0.198 e. The molecule has 84 valence electrons. The maximum Gasteiger partial charge on any atom is 0.198 e. The fraction of sp³-hybridized carbons (Fsp3) is 0.727. The average molecular weight is 226 g/mol. The van der Waals surface area contributed by atoms with Gasteiger partial charge in [-0.25, -0.2) is 4.98 Å². The molecule has 4 heteroatoms. The van der Waals surface area contributed by atoms with E-state index in [1.165, 1.54) is 17.9 Å². The molecule has 3 nitrogen and oxygen atoms in total. The second-order valence-electron chi connectivity index (χ2n) is 3.94. The highest BCUT2D eigenvalue weighted by atomic mass is 32.2. The summed E-state index contributed by atoms with van der Waals surface area (Å²) in [5.74, 6) is 3.95. The van der Waals surface area contributed by atoms with Gasteiger partial charge in [-0.1, -0.05) is 0 Å². The van der Waals surface area contributed by atoms with Crippen LogP contribution in [0.25, 0.3) is 0 Å². The van der Waals surface area contributed by atoms with Crippen molar-refractivity contribution >= 4 is 11.8 Å². The molecule has 1 atom stereocenters. The Hall–Kier alpha value is -0.480. The lowest BCUT2D eigenvalue weighted by atomic mass is 10.1. The molecule has 0 spiro atoms. The van der Waals surface area contributed by atoms with Crippen LogP contribution in [0.4, 0.5) is 0 Å². The molecular formula is C11H18N2OS. The van der Waals surface area contributed by atoms with Crippen molar-refractivity contribution in [3.63, 3.8) is 0 Å². The van der Waals surface area contributed by atoms with Gasteiger partial charge in [0.05, 0.1) is 5.69 Å². The molecule has 0 radical (unpaired) electrons. The van der Waals surface area contributed by atoms with E-state index in [2.05, 4.69) is 10.3 Å². The molecule has 0 saturated carbocycles. The third kappa shape index (κ3) is 2.98. The van der Waals surface area contributed by atoms with E-state index >= 15 is 0 Å². The van der Waals surface area contributed by atoms with Crippen LogP contribution in [0.5, 0.6) is 0 Å². The van der Waals surface area contributed by atoms with Gasteiger partial charge < -0.3 is 9.73 Å². The van der Waals surface area contributed by atoms with Crippen molar-refractivity contribution in [3.05, 3.63) is 17.8 Å². The summed E-state index contributed by atoms with van der Waals surface area (Å²) in [7, 11) is 1.98. The van der Waals surface area contributed by atoms with E-state index in [9.17, 15) is 0 Å². The molecule has 0 aromatic carbocycles. The number of nitrogens with zero attached hydrogens (tertiary/aromatic N) is 1. The van der Waals surface area contributed by atoms with Crippen LogP contribution in [-0.4, -0.2) is 30.1 Å². The summed E-state index contributed by atoms with van der Waals surface area (Å²) >= 11 is 2.00. The van der Waals surface area contributed by atoms with Gasteiger partial charge >= 0.3 is 0 Å². The van der Waals surface area contributed by atoms with E-state index in [1.54, 1.807) is 0 Å². The highest BCUT2D eigenvalue weighted by molar-refractivity contribution is 7.99. The molecule has 1 aromatic rings. The second-order valence-corrected chi connectivity index (χ2v) is 5.09. The molecule has 0 aliphatic carbocycles. The lowest BCUT2D eigenvalue weighted by molar-refractivity contribution is 0.461. The summed E-state index contributed by atoms with van der Waals surface area (Å²) in [6.07, 6.45) is 5.20. The Labute approximate surface area is 95.0 Å². The third-order valence-corrected chi connectivity index (χ3v) is 3.87. The van der Waals surface area contributed by atoms with Gasteiger partial charge in [-0.2, -0.15) is 11.8 Å². The van der Waals surface area contributed by atoms with Gasteiger partial charge in [0.25, 0.3) is 0 Å². The Balaban J connectivity index is 1.86. The summed E-state index contributed by atoms with van der Waals surface area (Å²) in [5.41, 5.74) is 1.11. The van der Waals surface area contributed by atoms with Crippen LogP contribution in [-0.2, 0) is 6.42 Å². The summed E-state index contributed by atoms with van der Waals surface area (Å²) < 4.78 is 5.53. The lowest BCUT2D eigenvalue weighted by Crippen LogP contribution is -2.08. The Bertz CT molecular complexity index is 295. The first kappa shape index (κ1) is 11.0. The maximum absolute atomic E-state index is 5.53. The monoisotopic (exact) mass is 226 g/mol. The zero-order chi connectivity index (χ0) is 10.5. The van der Waals surface area contributed by atoms with Crippen LogP contribution in [0.1, 0.15) is 30.3 Å². The summed E-state index contributed by atoms with van der Waals surface area (Å²) in [4.78, 5) is 4.56. The van der Waals surface area contributed by atoms with E-state index in [0.29, 0.717) is 5.92 Å². The molecule has 1 saturated heterocycles. The van der Waals surface area contributed by atoms with Crippen LogP contribution < -0.4 is 5.32 Å². The van der Waals surface area contributed by atoms with Crippen molar-refractivity contribution in [2.75, 3.05) is 25.1 Å². The molecule has 15 heavy (non-hydrogen) atoms. The highest BCUT2D eigenvalue weighted by Crippen LogP contribution is 2.31. The third-order valence-electron chi connectivity index (χ3n) is 2.71. The zero-order valence-corrected chi connectivity index (χ0v) is 9.98. The summed E-state index contributed by atoms with van der Waals surface area (Å²) in [6.45, 7) is 1.04. The first-order valence-electron chi connectivity index (χ1n) is 5.57. The van der Waals surface area contributed by atoms with Crippen LogP contribution >= 0.6 is 11.8 Å². The van der Waals surface area contributed by atoms with Crippen molar-refractivity contribution in [1.82, 2.24) is 10.3 Å². The highest BCUT2D eigenvalue weighted by Gasteiger charge is 2.22. The van der Waals surface area contributed by atoms with E-state index in [1.807, 2.05) is 25.1 Å². The lowest BCUT2D eigenvalue weighted by Gasteiger charge is -2.00. The fourth-order valence-electron chi connectivity index (χ4n) is 1.80. The van der Waals surface area contributed by atoms with E-state index in [-0.39, 0.29) is 0 Å². The standard InChI is InChI=1S/C11H18N2OS/c1-12-5-2-3-10-7-14-11(13-10)9-4-6-15-8-9/h7,9,12H,2-6,8H2,1H3. The number of rotatable bonds is 5. The van der Waals surface area contributed by atoms with E-state index < -0.39 is 0 Å². The largest absolute Gasteiger partial charge is 0.448 e. The number of thioether (sulfide) groups is 1. The number of aromatic nitrogens is 1. The van der Waals surface area contributed by atoms with E-state index in [4.69, 9.17) is 4.42 Å². The van der Waals surface area contributed by atoms with Crippen molar-refractivity contribution < 1.29 is 4.42 Å². The number of nitrogens with one attached hydrogen (secondary N) is 1. The van der Waals surface area contributed by atoms with Gasteiger partial charge in [-0.15, -0.1) is 0 Å². The molecule has 1 aromatic heterocycles. The topological polar surface area (TPSA) is 38.1 Å². The Morgan fingerprint density at radius 1 is 1.67 bits per heavy atom. The minimum Gasteiger partial charge on any atom is -0.448 e. The number of hydrogen-bond acceptors (Lipinski definition) is 4. The normalized spacial score (nSPS) is 21.0. The zero-order valence-electron chi connectivity index (χ0n) is 9.16. The van der Waals surface area contributed by atoms with Gasteiger partial charge in [0.15, 0.2) is 5.89 Å². The molecule has 1 aliphatic rings.